The van der Waals surface area contributed by atoms with E-state index < -0.39 is 28.1 Å². The Balaban J connectivity index is 0.991. The minimum Gasteiger partial charge on any atom is -0.508 e. The van der Waals surface area contributed by atoms with Gasteiger partial charge in [-0.25, -0.2) is 0 Å². The number of nitrogen functional groups attached to an aromatic ring is 1. The molecule has 2 aliphatic heterocycles. The number of phenolic OH excluding ortho intramolecular Hbond substituents is 1. The first-order valence-electron chi connectivity index (χ1n) is 31.0. The lowest BCUT2D eigenvalue weighted by molar-refractivity contribution is -0.230. The maximum Gasteiger partial charge on any atom is 0.160 e. The first-order chi connectivity index (χ1) is 36.4. The Bertz CT molecular complexity index is 2570. The molecule has 12 rings (SSSR count). The summed E-state index contributed by atoms with van der Waals surface area (Å²) in [5.74, 6) is 2.51. The van der Waals surface area contributed by atoms with E-state index in [1.807, 2.05) is 32.2 Å². The van der Waals surface area contributed by atoms with Crippen molar-refractivity contribution in [1.82, 2.24) is 10.6 Å². The van der Waals surface area contributed by atoms with Gasteiger partial charge in [-0.2, -0.15) is 0 Å². The number of anilines is 1. The number of aliphatic hydroxyl groups is 3. The van der Waals surface area contributed by atoms with Crippen molar-refractivity contribution in [1.29, 1.82) is 0 Å². The lowest BCUT2D eigenvalue weighted by Gasteiger charge is -2.74. The van der Waals surface area contributed by atoms with Gasteiger partial charge in [-0.15, -0.1) is 0 Å². The number of hydrogen-bond donors (Lipinski definition) is 7. The Morgan fingerprint density at radius 1 is 0.868 bits per heavy atom. The molecular formula is C66H95N3O7. The third kappa shape index (κ3) is 8.49. The van der Waals surface area contributed by atoms with E-state index in [-0.39, 0.29) is 82.5 Å². The van der Waals surface area contributed by atoms with E-state index in [0.717, 1.165) is 138 Å². The van der Waals surface area contributed by atoms with E-state index in [0.29, 0.717) is 55.9 Å². The van der Waals surface area contributed by atoms with Crippen molar-refractivity contribution >= 4 is 17.3 Å². The maximum absolute atomic E-state index is 16.1. The summed E-state index contributed by atoms with van der Waals surface area (Å²) in [6.45, 7) is 10.4. The topological polar surface area (TPSA) is 178 Å². The Morgan fingerprint density at radius 2 is 1.67 bits per heavy atom. The number of nitrogens with two attached hydrogens (primary N) is 1. The second-order valence-corrected chi connectivity index (χ2v) is 28.7. The predicted molar refractivity (Wildman–Crippen MR) is 298 cm³/mol. The number of aliphatic hydroxyl groups excluding tert-OH is 2. The van der Waals surface area contributed by atoms with Gasteiger partial charge in [0.2, 0.25) is 0 Å². The highest BCUT2D eigenvalue weighted by Crippen LogP contribution is 2.79. The molecule has 6 saturated carbocycles. The molecular weight excluding hydrogens is 947 g/mol. The first kappa shape index (κ1) is 53.5. The van der Waals surface area contributed by atoms with Gasteiger partial charge in [0.25, 0.3) is 0 Å². The highest BCUT2D eigenvalue weighted by Gasteiger charge is 2.76. The van der Waals surface area contributed by atoms with Crippen molar-refractivity contribution in [2.45, 2.75) is 223 Å². The van der Waals surface area contributed by atoms with Gasteiger partial charge < -0.3 is 41.5 Å². The quantitative estimate of drug-likeness (QED) is 0.0895. The van der Waals surface area contributed by atoms with E-state index in [1.54, 1.807) is 0 Å². The van der Waals surface area contributed by atoms with E-state index in [9.17, 15) is 20.4 Å². The SMILES string of the molecule is CNCc1cc(O)cc([C@H]2C[C@@]3(C4CCCC4)[C@H]4CCC5=C6C(=O)C[C@]5(C)[C@@]4(CCC[C@H]4CC[C@H](CO)C[C@H]4[C@@H]6C[C@@H](O)[C@H]4O[C@]4(C)[C@@H]4CCC[C@@H]4c4cccc(N)c4)C[C@@H]4NC[C@@](C)(O)CCCC[C@@](C)(C2=O)[C@H]43)c1. The largest absolute Gasteiger partial charge is 0.508 e. The molecule has 10 nitrogen and oxygen atoms in total. The number of benzene rings is 2. The highest BCUT2D eigenvalue weighted by atomic mass is 16.6. The molecule has 10 heteroatoms. The molecule has 0 radical (unpaired) electrons. The zero-order chi connectivity index (χ0) is 53.2. The number of carbonyl (C=O) groups excluding carboxylic acids is 2. The summed E-state index contributed by atoms with van der Waals surface area (Å²) >= 11 is 0. The maximum atomic E-state index is 16.1. The molecule has 2 heterocycles. The monoisotopic (exact) mass is 1040 g/mol. The molecule has 0 unspecified atom stereocenters. The van der Waals surface area contributed by atoms with E-state index in [2.05, 4.69) is 55.7 Å². The van der Waals surface area contributed by atoms with Crippen LogP contribution in [0.1, 0.15) is 204 Å². The van der Waals surface area contributed by atoms with Gasteiger partial charge in [0.05, 0.1) is 17.3 Å². The van der Waals surface area contributed by atoms with Gasteiger partial charge in [-0.05, 0) is 228 Å². The molecule has 18 atom stereocenters. The van der Waals surface area contributed by atoms with Gasteiger partial charge in [0, 0.05) is 54.6 Å². The molecule has 76 heavy (non-hydrogen) atoms. The standard InChI is InChI=1S/C66H95N3O7/c1-61(75)24-8-9-25-62(2)58-53(69-38-61)34-65-26-12-14-41-21-20-39(37-70)29-48(41)49(32-54(72)60-64(4,76-60)51-19-11-18-47(51)42-13-10-17-45(67)30-42)57-52(63(65,3)35-55(57)73)22-23-56(65)66(58,44-15-6-7-16-44)33-50(59(62)74)43-27-40(36-68-5)28-46(71)31-43/h10,13,17,27-28,30-31,39,41,44,47-51,53-54,56,58,60,68-72,75H,6-9,11-12,14-16,18-26,29,32-38,67H2,1-5H3/t39-,41-,47+,48+,49-,50+,51+,53-,54+,56-,58-,60+,61-,62+,63-,64+,65-,66+/m0/s1. The number of nitrogens with one attached hydrogen (secondary N) is 2. The fourth-order valence-corrected chi connectivity index (χ4v) is 21.7. The number of hydrogen-bond acceptors (Lipinski definition) is 10. The van der Waals surface area contributed by atoms with Crippen molar-refractivity contribution in [3.05, 3.63) is 70.3 Å². The summed E-state index contributed by atoms with van der Waals surface area (Å²) in [7, 11) is 1.93. The smallest absolute Gasteiger partial charge is 0.160 e. The van der Waals surface area contributed by atoms with E-state index >= 15 is 9.59 Å². The Hall–Kier alpha value is -3.12. The van der Waals surface area contributed by atoms with Crippen LogP contribution in [0.4, 0.5) is 5.69 Å². The van der Waals surface area contributed by atoms with Crippen molar-refractivity contribution in [2.24, 2.45) is 69.0 Å². The third-order valence-corrected chi connectivity index (χ3v) is 24.7. The second-order valence-electron chi connectivity index (χ2n) is 28.7. The molecule has 1 spiro atoms. The van der Waals surface area contributed by atoms with Crippen LogP contribution in [0, 0.1) is 69.0 Å². The summed E-state index contributed by atoms with van der Waals surface area (Å²) in [5.41, 5.74) is 9.88. The van der Waals surface area contributed by atoms with Crippen LogP contribution in [0.15, 0.2) is 53.6 Å². The van der Waals surface area contributed by atoms with Crippen LogP contribution in [0.5, 0.6) is 5.75 Å². The fraction of sp³-hybridized carbons (Fsp3) is 0.758. The minimum absolute atomic E-state index is 0.0274. The average molecular weight is 1040 g/mol. The number of phenols is 1. The van der Waals surface area contributed by atoms with Crippen molar-refractivity contribution in [2.75, 3.05) is 25.9 Å². The molecule has 8 fully saturated rings. The van der Waals surface area contributed by atoms with E-state index in [4.69, 9.17) is 10.5 Å². The molecule has 2 aromatic carbocycles. The zero-order valence-corrected chi connectivity index (χ0v) is 47.0. The normalized spacial score (nSPS) is 45.0. The lowest BCUT2D eigenvalue weighted by atomic mass is 9.30. The third-order valence-electron chi connectivity index (χ3n) is 24.7. The zero-order valence-electron chi connectivity index (χ0n) is 47.0. The average Bonchev–Trinajstić information content (AvgIpc) is 3.97. The number of β-amino-alcohol motifs (C(OH)–C–C–N with tert-alkyl or cyclic N) is 1. The Morgan fingerprint density at radius 3 is 2.45 bits per heavy atom. The summed E-state index contributed by atoms with van der Waals surface area (Å²) in [5, 5.41) is 54.8. The molecule has 2 saturated heterocycles. The molecule has 0 amide bonds. The molecule has 8 N–H and O–H groups in total. The highest BCUT2D eigenvalue weighted by molar-refractivity contribution is 6.01. The minimum atomic E-state index is -0.884. The van der Waals surface area contributed by atoms with Crippen LogP contribution in [-0.2, 0) is 20.9 Å². The summed E-state index contributed by atoms with van der Waals surface area (Å²) in [6, 6.07) is 14.3. The van der Waals surface area contributed by atoms with Crippen LogP contribution in [0.25, 0.3) is 0 Å². The van der Waals surface area contributed by atoms with Crippen LogP contribution < -0.4 is 16.4 Å². The number of epoxide rings is 1. The fourth-order valence-electron chi connectivity index (χ4n) is 21.7. The van der Waals surface area contributed by atoms with Gasteiger partial charge in [0.1, 0.15) is 17.6 Å². The van der Waals surface area contributed by atoms with Gasteiger partial charge >= 0.3 is 0 Å². The van der Waals surface area contributed by atoms with Crippen molar-refractivity contribution in [3.63, 3.8) is 0 Å². The lowest BCUT2D eigenvalue weighted by Crippen LogP contribution is -2.73. The molecule has 0 aromatic heterocycles. The number of fused-ring (bicyclic) bond motifs is 2. The number of allylic oxidation sites excluding steroid dienone is 2. The predicted octanol–water partition coefficient (Wildman–Crippen LogP) is 11.2. The number of ketones is 2. The van der Waals surface area contributed by atoms with Crippen LogP contribution in [0.3, 0.4) is 0 Å². The van der Waals surface area contributed by atoms with Gasteiger partial charge in [0.15, 0.2) is 5.78 Å². The van der Waals surface area contributed by atoms with Crippen LogP contribution in [0.2, 0.25) is 0 Å². The van der Waals surface area contributed by atoms with Gasteiger partial charge in [-0.3, -0.25) is 9.59 Å². The van der Waals surface area contributed by atoms with Crippen LogP contribution >= 0.6 is 0 Å². The van der Waals surface area contributed by atoms with Crippen molar-refractivity contribution in [3.8, 4) is 5.75 Å². The summed E-state index contributed by atoms with van der Waals surface area (Å²) in [4.78, 5) is 32.1. The summed E-state index contributed by atoms with van der Waals surface area (Å²) < 4.78 is 6.82. The number of rotatable bonds is 10. The van der Waals surface area contributed by atoms with Crippen LogP contribution in [-0.4, -0.2) is 81.6 Å². The summed E-state index contributed by atoms with van der Waals surface area (Å²) in [6.07, 6.45) is 20.7. The Labute approximate surface area is 455 Å². The number of Topliss-reactive ketones (excluding diaryl/α,β-unsaturated/α-hetero) is 2. The number of carbonyl (C=O) groups is 2. The molecule has 2 aromatic rings. The Kier molecular flexibility index (Phi) is 14.0. The molecule has 10 aliphatic rings. The molecule has 416 valence electrons. The van der Waals surface area contributed by atoms with Gasteiger partial charge in [-0.1, -0.05) is 82.6 Å². The molecule has 8 aliphatic carbocycles. The second kappa shape index (κ2) is 19.8. The molecule has 4 bridgehead atoms. The van der Waals surface area contributed by atoms with Crippen molar-refractivity contribution < 1.29 is 34.8 Å². The first-order valence-corrected chi connectivity index (χ1v) is 31.0. The van der Waals surface area contributed by atoms with E-state index in [1.165, 1.54) is 24.0 Å². The number of aromatic hydroxyl groups is 1. The number of ether oxygens (including phenoxy) is 1.